The van der Waals surface area contributed by atoms with Gasteiger partial charge in [-0.25, -0.2) is 0 Å². The van der Waals surface area contributed by atoms with Crippen LogP contribution in [0.15, 0.2) is 60.7 Å². The van der Waals surface area contributed by atoms with Gasteiger partial charge in [-0.3, -0.25) is 4.79 Å². The van der Waals surface area contributed by atoms with Gasteiger partial charge in [-0.1, -0.05) is 71.0 Å². The Hall–Kier alpha value is -3.27. The van der Waals surface area contributed by atoms with E-state index in [1.54, 1.807) is 13.2 Å². The van der Waals surface area contributed by atoms with E-state index < -0.39 is 0 Å². The van der Waals surface area contributed by atoms with Crippen molar-refractivity contribution < 1.29 is 14.3 Å². The topological polar surface area (TPSA) is 47.6 Å². The number of amides is 1. The number of nitrogens with one attached hydrogen (secondary N) is 1. The minimum atomic E-state index is -0.135. The summed E-state index contributed by atoms with van der Waals surface area (Å²) in [4.78, 5) is 13.2. The first-order chi connectivity index (χ1) is 15.8. The largest absolute Gasteiger partial charge is 0.496 e. The van der Waals surface area contributed by atoms with Gasteiger partial charge in [0.25, 0.3) is 5.91 Å². The lowest BCUT2D eigenvalue weighted by Crippen LogP contribution is -2.16. The van der Waals surface area contributed by atoms with Crippen molar-refractivity contribution in [2.45, 2.75) is 59.5 Å². The minimum Gasteiger partial charge on any atom is -0.496 e. The van der Waals surface area contributed by atoms with Gasteiger partial charge < -0.3 is 14.8 Å². The fourth-order valence-electron chi connectivity index (χ4n) is 3.99. The number of para-hydroxylation sites is 2. The number of rotatable bonds is 8. The summed E-state index contributed by atoms with van der Waals surface area (Å²) in [6.45, 7) is 11.0. The van der Waals surface area contributed by atoms with Crippen molar-refractivity contribution in [2.24, 2.45) is 0 Å². The monoisotopic (exact) mass is 445 g/mol. The lowest BCUT2D eigenvalue weighted by molar-refractivity contribution is 0.102. The highest BCUT2D eigenvalue weighted by Crippen LogP contribution is 2.32. The van der Waals surface area contributed by atoms with Crippen LogP contribution in [0.25, 0.3) is 0 Å². The average molecular weight is 446 g/mol. The summed E-state index contributed by atoms with van der Waals surface area (Å²) < 4.78 is 11.8. The molecule has 0 saturated heterocycles. The second kappa shape index (κ2) is 10.6. The van der Waals surface area contributed by atoms with E-state index in [1.165, 1.54) is 0 Å². The predicted octanol–water partition coefficient (Wildman–Crippen LogP) is 6.95. The predicted molar refractivity (Wildman–Crippen MR) is 136 cm³/mol. The molecule has 4 nitrogen and oxygen atoms in total. The third-order valence-electron chi connectivity index (χ3n) is 5.86. The van der Waals surface area contributed by atoms with Crippen LogP contribution in [0.5, 0.6) is 11.5 Å². The third kappa shape index (κ3) is 5.75. The van der Waals surface area contributed by atoms with Crippen molar-refractivity contribution >= 4 is 11.6 Å². The van der Waals surface area contributed by atoms with E-state index in [0.717, 1.165) is 46.5 Å². The van der Waals surface area contributed by atoms with Crippen molar-refractivity contribution in [3.8, 4) is 11.5 Å². The number of anilines is 1. The second-order valence-corrected chi connectivity index (χ2v) is 9.17. The van der Waals surface area contributed by atoms with E-state index in [4.69, 9.17) is 9.47 Å². The molecule has 3 aromatic carbocycles. The van der Waals surface area contributed by atoms with Gasteiger partial charge in [0.1, 0.15) is 18.1 Å². The van der Waals surface area contributed by atoms with Crippen LogP contribution in [0.2, 0.25) is 0 Å². The molecular weight excluding hydrogens is 410 g/mol. The number of ether oxygens (including phenoxy) is 2. The Labute approximate surface area is 197 Å². The van der Waals surface area contributed by atoms with Crippen LogP contribution in [0, 0.1) is 0 Å². The molecule has 0 unspecified atom stereocenters. The summed E-state index contributed by atoms with van der Waals surface area (Å²) in [5, 5.41) is 3.14. The van der Waals surface area contributed by atoms with Gasteiger partial charge in [-0.05, 0) is 59.2 Å². The molecule has 3 aromatic rings. The zero-order valence-corrected chi connectivity index (χ0v) is 20.6. The molecule has 0 fully saturated rings. The van der Waals surface area contributed by atoms with Crippen molar-refractivity contribution in [1.82, 2.24) is 0 Å². The number of carbonyl (C=O) groups excluding carboxylic acids is 1. The molecule has 4 heteroatoms. The number of aryl methyl sites for hydroxylation is 2. The number of hydrogen-bond acceptors (Lipinski definition) is 3. The van der Waals surface area contributed by atoms with Gasteiger partial charge >= 0.3 is 0 Å². The molecule has 0 aliphatic heterocycles. The molecule has 0 saturated carbocycles. The maximum absolute atomic E-state index is 13.2. The Morgan fingerprint density at radius 3 is 2.12 bits per heavy atom. The number of hydrogen-bond donors (Lipinski definition) is 1. The fourth-order valence-corrected chi connectivity index (χ4v) is 3.99. The quantitative estimate of drug-likeness (QED) is 0.408. The van der Waals surface area contributed by atoms with Crippen molar-refractivity contribution in [2.75, 3.05) is 12.4 Å². The Morgan fingerprint density at radius 1 is 0.848 bits per heavy atom. The summed E-state index contributed by atoms with van der Waals surface area (Å²) in [7, 11) is 1.63. The Bertz CT molecular complexity index is 1090. The van der Waals surface area contributed by atoms with E-state index >= 15 is 0 Å². The van der Waals surface area contributed by atoms with Gasteiger partial charge in [0.05, 0.1) is 7.11 Å². The van der Waals surface area contributed by atoms with Crippen molar-refractivity contribution in [1.29, 1.82) is 0 Å². The Morgan fingerprint density at radius 2 is 1.52 bits per heavy atom. The van der Waals surface area contributed by atoms with Crippen LogP contribution in [-0.2, 0) is 24.9 Å². The molecular formula is C29H35NO3. The Balaban J connectivity index is 1.86. The molecule has 0 radical (unpaired) electrons. The van der Waals surface area contributed by atoms with Crippen LogP contribution in [0.4, 0.5) is 5.69 Å². The molecule has 0 heterocycles. The molecule has 1 N–H and O–H groups in total. The van der Waals surface area contributed by atoms with Crippen LogP contribution < -0.4 is 14.8 Å². The highest BCUT2D eigenvalue weighted by molar-refractivity contribution is 6.05. The van der Waals surface area contributed by atoms with E-state index in [1.807, 2.05) is 36.4 Å². The minimum absolute atomic E-state index is 0.0356. The fraction of sp³-hybridized carbons (Fsp3) is 0.345. The highest BCUT2D eigenvalue weighted by atomic mass is 16.5. The first kappa shape index (κ1) is 24.4. The van der Waals surface area contributed by atoms with Gasteiger partial charge in [0.15, 0.2) is 0 Å². The molecule has 0 aliphatic rings. The lowest BCUT2D eigenvalue weighted by Gasteiger charge is -2.23. The lowest BCUT2D eigenvalue weighted by atomic mass is 9.86. The number of carbonyl (C=O) groups is 1. The number of benzene rings is 3. The molecule has 0 atom stereocenters. The van der Waals surface area contributed by atoms with E-state index in [2.05, 4.69) is 58.1 Å². The van der Waals surface area contributed by atoms with Crippen LogP contribution in [0.1, 0.15) is 67.2 Å². The molecule has 3 rings (SSSR count). The third-order valence-corrected chi connectivity index (χ3v) is 5.86. The smallest absolute Gasteiger partial charge is 0.255 e. The van der Waals surface area contributed by atoms with Crippen LogP contribution >= 0.6 is 0 Å². The first-order valence-corrected chi connectivity index (χ1v) is 11.6. The Kier molecular flexibility index (Phi) is 7.80. The maximum Gasteiger partial charge on any atom is 0.255 e. The van der Waals surface area contributed by atoms with E-state index in [9.17, 15) is 4.79 Å². The van der Waals surface area contributed by atoms with Gasteiger partial charge in [-0.2, -0.15) is 0 Å². The molecule has 174 valence electrons. The van der Waals surface area contributed by atoms with Gasteiger partial charge in [-0.15, -0.1) is 0 Å². The zero-order valence-electron chi connectivity index (χ0n) is 20.6. The summed E-state index contributed by atoms with van der Waals surface area (Å²) in [5.41, 5.74) is 5.70. The molecule has 0 bridgehead atoms. The second-order valence-electron chi connectivity index (χ2n) is 9.17. The average Bonchev–Trinajstić information content (AvgIpc) is 2.82. The van der Waals surface area contributed by atoms with E-state index in [-0.39, 0.29) is 11.3 Å². The molecule has 0 spiro atoms. The van der Waals surface area contributed by atoms with Crippen molar-refractivity contribution in [3.05, 3.63) is 88.5 Å². The zero-order chi connectivity index (χ0) is 24.0. The molecule has 0 aliphatic carbocycles. The van der Waals surface area contributed by atoms with Crippen LogP contribution in [0.3, 0.4) is 0 Å². The summed E-state index contributed by atoms with van der Waals surface area (Å²) in [6, 6.07) is 19.7. The van der Waals surface area contributed by atoms with Crippen LogP contribution in [-0.4, -0.2) is 13.0 Å². The molecule has 0 aromatic heterocycles. The standard InChI is InChI=1S/C29H35NO3/c1-7-20-12-11-13-21(8-2)27(20)30-28(31)22-16-17-25(32-6)23(18-22)19-33-26-15-10-9-14-24(26)29(3,4)5/h9-18H,7-8,19H2,1-6H3,(H,30,31). The van der Waals surface area contributed by atoms with E-state index in [0.29, 0.717) is 17.9 Å². The molecule has 1 amide bonds. The molecule has 33 heavy (non-hydrogen) atoms. The first-order valence-electron chi connectivity index (χ1n) is 11.6. The van der Waals surface area contributed by atoms with Gasteiger partial charge in [0, 0.05) is 16.8 Å². The summed E-state index contributed by atoms with van der Waals surface area (Å²) in [6.07, 6.45) is 1.72. The van der Waals surface area contributed by atoms with Crippen molar-refractivity contribution in [3.63, 3.8) is 0 Å². The normalized spacial score (nSPS) is 11.2. The summed E-state index contributed by atoms with van der Waals surface area (Å²) in [5.74, 6) is 1.40. The number of methoxy groups -OCH3 is 1. The SMILES string of the molecule is CCc1cccc(CC)c1NC(=O)c1ccc(OC)c(COc2ccccc2C(C)(C)C)c1. The summed E-state index contributed by atoms with van der Waals surface area (Å²) >= 11 is 0. The van der Waals surface area contributed by atoms with Gasteiger partial charge in [0.2, 0.25) is 0 Å². The maximum atomic E-state index is 13.2. The highest BCUT2D eigenvalue weighted by Gasteiger charge is 2.19.